The van der Waals surface area contributed by atoms with Crippen molar-refractivity contribution >= 4 is 17.5 Å². The van der Waals surface area contributed by atoms with Crippen LogP contribution in [0, 0.1) is 17.5 Å². The maximum atomic E-state index is 13.4. The lowest BCUT2D eigenvalue weighted by Gasteiger charge is -2.10. The number of alkyl halides is 3. The van der Waals surface area contributed by atoms with Gasteiger partial charge in [0, 0.05) is 5.56 Å². The van der Waals surface area contributed by atoms with E-state index < -0.39 is 53.2 Å². The van der Waals surface area contributed by atoms with Gasteiger partial charge in [-0.2, -0.15) is 13.2 Å². The molecule has 2 amide bonds. The number of hydrogen-bond donors (Lipinski definition) is 2. The van der Waals surface area contributed by atoms with Gasteiger partial charge in [-0.25, -0.2) is 13.2 Å². The van der Waals surface area contributed by atoms with Crippen molar-refractivity contribution in [1.82, 2.24) is 5.32 Å². The van der Waals surface area contributed by atoms with Gasteiger partial charge in [-0.05, 0) is 30.3 Å². The molecule has 0 heterocycles. The SMILES string of the molecule is O=C(CNC(=O)c1cccc(C(F)(F)F)c1)Nc1ccc(F)c(F)c1F. The van der Waals surface area contributed by atoms with E-state index >= 15 is 0 Å². The molecular formula is C16H10F6N2O2. The van der Waals surface area contributed by atoms with Crippen LogP contribution in [0.4, 0.5) is 32.0 Å². The van der Waals surface area contributed by atoms with Crippen molar-refractivity contribution in [1.29, 1.82) is 0 Å². The summed E-state index contributed by atoms with van der Waals surface area (Å²) in [5, 5.41) is 3.94. The Morgan fingerprint density at radius 2 is 1.65 bits per heavy atom. The molecule has 0 aromatic heterocycles. The van der Waals surface area contributed by atoms with Gasteiger partial charge in [0.25, 0.3) is 5.91 Å². The molecule has 10 heteroatoms. The first-order chi connectivity index (χ1) is 12.1. The van der Waals surface area contributed by atoms with Gasteiger partial charge in [0.2, 0.25) is 5.91 Å². The predicted molar refractivity (Wildman–Crippen MR) is 78.7 cm³/mol. The number of hydrogen-bond acceptors (Lipinski definition) is 2. The largest absolute Gasteiger partial charge is 0.416 e. The van der Waals surface area contributed by atoms with Gasteiger partial charge in [-0.15, -0.1) is 0 Å². The molecule has 0 radical (unpaired) electrons. The van der Waals surface area contributed by atoms with E-state index in [9.17, 15) is 35.9 Å². The van der Waals surface area contributed by atoms with E-state index in [1.54, 1.807) is 0 Å². The molecule has 2 aromatic carbocycles. The number of nitrogens with one attached hydrogen (secondary N) is 2. The Morgan fingerprint density at radius 3 is 2.31 bits per heavy atom. The molecule has 138 valence electrons. The van der Waals surface area contributed by atoms with Gasteiger partial charge in [0.05, 0.1) is 17.8 Å². The van der Waals surface area contributed by atoms with Gasteiger partial charge >= 0.3 is 6.18 Å². The summed E-state index contributed by atoms with van der Waals surface area (Å²) in [6.45, 7) is -0.729. The van der Waals surface area contributed by atoms with Crippen molar-refractivity contribution < 1.29 is 35.9 Å². The number of rotatable bonds is 4. The standard InChI is InChI=1S/C16H10F6N2O2/c17-10-4-5-11(14(19)13(10)18)24-12(25)7-23-15(26)8-2-1-3-9(6-8)16(20,21)22/h1-6H,7H2,(H,23,26)(H,24,25). The second-order valence-electron chi connectivity index (χ2n) is 5.03. The number of amides is 2. The molecule has 0 saturated heterocycles. The summed E-state index contributed by atoms with van der Waals surface area (Å²) in [6.07, 6.45) is -4.64. The minimum absolute atomic E-state index is 0.341. The number of benzene rings is 2. The lowest BCUT2D eigenvalue weighted by molar-refractivity contribution is -0.137. The van der Waals surface area contributed by atoms with Crippen LogP contribution in [0.5, 0.6) is 0 Å². The van der Waals surface area contributed by atoms with E-state index in [1.165, 1.54) is 0 Å². The molecule has 4 nitrogen and oxygen atoms in total. The number of carbonyl (C=O) groups excluding carboxylic acids is 2. The molecule has 0 atom stereocenters. The Bertz CT molecular complexity index is 851. The Labute approximate surface area is 142 Å². The fraction of sp³-hybridized carbons (Fsp3) is 0.125. The molecule has 2 aromatic rings. The maximum Gasteiger partial charge on any atom is 0.416 e. The molecule has 0 saturated carbocycles. The summed E-state index contributed by atoms with van der Waals surface area (Å²) in [7, 11) is 0. The summed E-state index contributed by atoms with van der Waals surface area (Å²) in [5.41, 5.74) is -2.03. The third-order valence-electron chi connectivity index (χ3n) is 3.17. The highest BCUT2D eigenvalue weighted by Crippen LogP contribution is 2.29. The van der Waals surface area contributed by atoms with Crippen molar-refractivity contribution in [2.75, 3.05) is 11.9 Å². The fourth-order valence-corrected chi connectivity index (χ4v) is 1.92. The zero-order chi connectivity index (χ0) is 19.5. The number of anilines is 1. The van der Waals surface area contributed by atoms with Crippen LogP contribution in [0.1, 0.15) is 15.9 Å². The summed E-state index contributed by atoms with van der Waals surface area (Å²) in [4.78, 5) is 23.4. The Morgan fingerprint density at radius 1 is 0.962 bits per heavy atom. The Hall–Kier alpha value is -3.04. The predicted octanol–water partition coefficient (Wildman–Crippen LogP) is 3.49. The van der Waals surface area contributed by atoms with Crippen molar-refractivity contribution in [2.45, 2.75) is 6.18 Å². The van der Waals surface area contributed by atoms with Crippen molar-refractivity contribution in [2.24, 2.45) is 0 Å². The molecule has 26 heavy (non-hydrogen) atoms. The van der Waals surface area contributed by atoms with E-state index in [4.69, 9.17) is 0 Å². The molecule has 0 aliphatic rings. The summed E-state index contributed by atoms with van der Waals surface area (Å²) in [6, 6.07) is 4.87. The first-order valence-corrected chi connectivity index (χ1v) is 6.98. The normalized spacial score (nSPS) is 11.2. The average Bonchev–Trinajstić information content (AvgIpc) is 2.59. The summed E-state index contributed by atoms with van der Waals surface area (Å²) in [5.74, 6) is -6.82. The van der Waals surface area contributed by atoms with Gasteiger partial charge in [-0.3, -0.25) is 9.59 Å². The maximum absolute atomic E-state index is 13.4. The Balaban J connectivity index is 2.00. The molecule has 0 aliphatic carbocycles. The van der Waals surface area contributed by atoms with E-state index in [0.29, 0.717) is 12.1 Å². The molecule has 2 N–H and O–H groups in total. The third kappa shape index (κ3) is 4.52. The first kappa shape index (κ1) is 19.3. The number of halogens is 6. The van der Waals surface area contributed by atoms with Crippen LogP contribution in [0.15, 0.2) is 36.4 Å². The molecule has 0 spiro atoms. The van der Waals surface area contributed by atoms with E-state index in [2.05, 4.69) is 0 Å². The van der Waals surface area contributed by atoms with Gasteiger partial charge in [0.15, 0.2) is 17.5 Å². The van der Waals surface area contributed by atoms with E-state index in [0.717, 1.165) is 24.3 Å². The van der Waals surface area contributed by atoms with Crippen LogP contribution < -0.4 is 10.6 Å². The van der Waals surface area contributed by atoms with Crippen LogP contribution >= 0.6 is 0 Å². The van der Waals surface area contributed by atoms with Crippen molar-refractivity contribution in [3.05, 3.63) is 65.0 Å². The van der Waals surface area contributed by atoms with E-state index in [1.807, 2.05) is 10.6 Å². The highest BCUT2D eigenvalue weighted by Gasteiger charge is 2.30. The zero-order valence-corrected chi connectivity index (χ0v) is 12.8. The van der Waals surface area contributed by atoms with Gasteiger partial charge in [-0.1, -0.05) is 6.07 Å². The molecule has 0 aliphatic heterocycles. The second-order valence-corrected chi connectivity index (χ2v) is 5.03. The summed E-state index contributed by atoms with van der Waals surface area (Å²) >= 11 is 0. The molecular weight excluding hydrogens is 366 g/mol. The average molecular weight is 376 g/mol. The molecule has 0 fully saturated rings. The minimum atomic E-state index is -4.64. The zero-order valence-electron chi connectivity index (χ0n) is 12.8. The lowest BCUT2D eigenvalue weighted by atomic mass is 10.1. The van der Waals surface area contributed by atoms with Gasteiger partial charge in [0.1, 0.15) is 0 Å². The van der Waals surface area contributed by atoms with E-state index in [-0.39, 0.29) is 5.56 Å². The Kier molecular flexibility index (Phi) is 5.53. The van der Waals surface area contributed by atoms with Crippen LogP contribution in [0.25, 0.3) is 0 Å². The van der Waals surface area contributed by atoms with Gasteiger partial charge < -0.3 is 10.6 Å². The highest BCUT2D eigenvalue weighted by atomic mass is 19.4. The highest BCUT2D eigenvalue weighted by molar-refractivity contribution is 5.99. The van der Waals surface area contributed by atoms with Crippen LogP contribution in [-0.4, -0.2) is 18.4 Å². The second kappa shape index (κ2) is 7.46. The van der Waals surface area contributed by atoms with Crippen LogP contribution in [-0.2, 0) is 11.0 Å². The van der Waals surface area contributed by atoms with Crippen molar-refractivity contribution in [3.63, 3.8) is 0 Å². The third-order valence-corrected chi connectivity index (χ3v) is 3.17. The quantitative estimate of drug-likeness (QED) is 0.634. The summed E-state index contributed by atoms with van der Waals surface area (Å²) < 4.78 is 77.1. The van der Waals surface area contributed by atoms with Crippen LogP contribution in [0.3, 0.4) is 0 Å². The molecule has 2 rings (SSSR count). The molecule has 0 unspecified atom stereocenters. The smallest absolute Gasteiger partial charge is 0.343 e. The lowest BCUT2D eigenvalue weighted by Crippen LogP contribution is -2.33. The van der Waals surface area contributed by atoms with Crippen LogP contribution in [0.2, 0.25) is 0 Å². The monoisotopic (exact) mass is 376 g/mol. The first-order valence-electron chi connectivity index (χ1n) is 6.98. The molecule has 0 bridgehead atoms. The topological polar surface area (TPSA) is 58.2 Å². The minimum Gasteiger partial charge on any atom is -0.343 e. The number of carbonyl (C=O) groups is 2. The fourth-order valence-electron chi connectivity index (χ4n) is 1.92. The van der Waals surface area contributed by atoms with Crippen molar-refractivity contribution in [3.8, 4) is 0 Å².